The molecule has 1 N–H and O–H groups in total. The number of carbonyl (C=O) groups excluding carboxylic acids is 1. The SMILES string of the molecule is COC(=O)NCC12C[C@H]3C[C@@H](C1)CC(c1ccc([N+](=O)[O-])cc1)(C3)C2. The van der Waals surface area contributed by atoms with Crippen LogP contribution in [0.2, 0.25) is 0 Å². The van der Waals surface area contributed by atoms with Gasteiger partial charge in [-0.1, -0.05) is 12.1 Å². The summed E-state index contributed by atoms with van der Waals surface area (Å²) in [6.45, 7) is 0.668. The van der Waals surface area contributed by atoms with Crippen LogP contribution in [0.1, 0.15) is 44.1 Å². The van der Waals surface area contributed by atoms with Gasteiger partial charge in [0.15, 0.2) is 0 Å². The van der Waals surface area contributed by atoms with Gasteiger partial charge in [0.05, 0.1) is 12.0 Å². The number of alkyl carbamates (subject to hydrolysis) is 1. The molecule has 4 bridgehead atoms. The molecule has 1 aromatic carbocycles. The van der Waals surface area contributed by atoms with Crippen molar-refractivity contribution in [3.05, 3.63) is 39.9 Å². The molecule has 0 aromatic heterocycles. The van der Waals surface area contributed by atoms with Crippen molar-refractivity contribution in [2.75, 3.05) is 13.7 Å². The van der Waals surface area contributed by atoms with E-state index in [0.717, 1.165) is 6.42 Å². The van der Waals surface area contributed by atoms with Gasteiger partial charge < -0.3 is 10.1 Å². The number of hydrogen-bond acceptors (Lipinski definition) is 4. The largest absolute Gasteiger partial charge is 0.453 e. The number of nitrogens with zero attached hydrogens (tertiary/aromatic N) is 1. The zero-order valence-corrected chi connectivity index (χ0v) is 14.5. The Balaban J connectivity index is 1.61. The number of nitro benzene ring substituents is 1. The third-order valence-corrected chi connectivity index (χ3v) is 6.67. The van der Waals surface area contributed by atoms with E-state index in [-0.39, 0.29) is 27.5 Å². The molecule has 4 aliphatic carbocycles. The fourth-order valence-corrected chi connectivity index (χ4v) is 6.27. The molecule has 6 nitrogen and oxygen atoms in total. The van der Waals surface area contributed by atoms with E-state index in [9.17, 15) is 14.9 Å². The summed E-state index contributed by atoms with van der Waals surface area (Å²) in [6, 6.07) is 7.17. The molecule has 1 amide bonds. The summed E-state index contributed by atoms with van der Waals surface area (Å²) in [6.07, 6.45) is 6.65. The molecular formula is C19H24N2O4. The van der Waals surface area contributed by atoms with Crippen molar-refractivity contribution >= 4 is 11.8 Å². The van der Waals surface area contributed by atoms with Crippen LogP contribution in [0.5, 0.6) is 0 Å². The van der Waals surface area contributed by atoms with Crippen molar-refractivity contribution in [2.24, 2.45) is 17.3 Å². The number of non-ortho nitro benzene ring substituents is 1. The van der Waals surface area contributed by atoms with Gasteiger partial charge in [-0.25, -0.2) is 4.79 Å². The van der Waals surface area contributed by atoms with Crippen LogP contribution >= 0.6 is 0 Å². The number of benzene rings is 1. The first-order chi connectivity index (χ1) is 11.9. The first-order valence-electron chi connectivity index (χ1n) is 9.00. The number of ether oxygens (including phenoxy) is 1. The number of rotatable bonds is 4. The van der Waals surface area contributed by atoms with Crippen molar-refractivity contribution in [3.8, 4) is 0 Å². The maximum absolute atomic E-state index is 11.6. The minimum Gasteiger partial charge on any atom is -0.453 e. The quantitative estimate of drug-likeness (QED) is 0.665. The lowest BCUT2D eigenvalue weighted by Gasteiger charge is -2.62. The predicted molar refractivity (Wildman–Crippen MR) is 92.3 cm³/mol. The van der Waals surface area contributed by atoms with E-state index in [4.69, 9.17) is 4.74 Å². The Kier molecular flexibility index (Phi) is 3.74. The standard InChI is InChI=1S/C19H24N2O4/c1-25-17(22)20-12-18-7-13-6-14(8-18)10-19(9-13,11-18)15-2-4-16(5-3-15)21(23)24/h2-5,13-14H,6-12H2,1H3,(H,20,22)/t13-,14+,18?,19?. The summed E-state index contributed by atoms with van der Waals surface area (Å²) in [7, 11) is 1.40. The van der Waals surface area contributed by atoms with Gasteiger partial charge >= 0.3 is 6.09 Å². The lowest BCUT2D eigenvalue weighted by atomic mass is 9.43. The Morgan fingerprint density at radius 2 is 1.88 bits per heavy atom. The van der Waals surface area contributed by atoms with Crippen LogP contribution < -0.4 is 5.32 Å². The van der Waals surface area contributed by atoms with Crippen molar-refractivity contribution in [3.63, 3.8) is 0 Å². The molecule has 0 heterocycles. The Morgan fingerprint density at radius 1 is 1.24 bits per heavy atom. The summed E-state index contributed by atoms with van der Waals surface area (Å²) < 4.78 is 4.75. The van der Waals surface area contributed by atoms with Crippen molar-refractivity contribution in [1.29, 1.82) is 0 Å². The lowest BCUT2D eigenvalue weighted by Crippen LogP contribution is -2.57. The third kappa shape index (κ3) is 2.77. The van der Waals surface area contributed by atoms with Crippen molar-refractivity contribution in [1.82, 2.24) is 5.32 Å². The summed E-state index contributed by atoms with van der Waals surface area (Å²) in [4.78, 5) is 22.2. The van der Waals surface area contributed by atoms with E-state index in [0.29, 0.717) is 18.4 Å². The number of nitrogens with one attached hydrogen (secondary N) is 1. The highest BCUT2D eigenvalue weighted by atomic mass is 16.6. The topological polar surface area (TPSA) is 81.5 Å². The highest BCUT2D eigenvalue weighted by Crippen LogP contribution is 2.65. The smallest absolute Gasteiger partial charge is 0.406 e. The highest BCUT2D eigenvalue weighted by molar-refractivity contribution is 5.66. The van der Waals surface area contributed by atoms with Crippen LogP contribution in [0.3, 0.4) is 0 Å². The third-order valence-electron chi connectivity index (χ3n) is 6.67. The zero-order chi connectivity index (χ0) is 17.7. The number of nitro groups is 1. The van der Waals surface area contributed by atoms with E-state index in [1.165, 1.54) is 44.8 Å². The fourth-order valence-electron chi connectivity index (χ4n) is 6.27. The number of methoxy groups -OCH3 is 1. The molecule has 4 aliphatic rings. The molecule has 0 aliphatic heterocycles. The van der Waals surface area contributed by atoms with Crippen LogP contribution in [0, 0.1) is 27.4 Å². The van der Waals surface area contributed by atoms with Crippen LogP contribution in [0.4, 0.5) is 10.5 Å². The summed E-state index contributed by atoms with van der Waals surface area (Å²) >= 11 is 0. The zero-order valence-electron chi connectivity index (χ0n) is 14.5. The van der Waals surface area contributed by atoms with Crippen molar-refractivity contribution in [2.45, 2.75) is 43.9 Å². The minimum absolute atomic E-state index is 0.108. The van der Waals surface area contributed by atoms with Crippen LogP contribution in [0.15, 0.2) is 24.3 Å². The molecule has 4 atom stereocenters. The number of amides is 1. The van der Waals surface area contributed by atoms with Crippen LogP contribution in [-0.4, -0.2) is 24.7 Å². The van der Waals surface area contributed by atoms with Crippen molar-refractivity contribution < 1.29 is 14.5 Å². The van der Waals surface area contributed by atoms with Gasteiger partial charge in [-0.2, -0.15) is 0 Å². The molecule has 134 valence electrons. The highest BCUT2D eigenvalue weighted by Gasteiger charge is 2.58. The molecule has 0 radical (unpaired) electrons. The summed E-state index contributed by atoms with van der Waals surface area (Å²) in [5.74, 6) is 1.38. The second kappa shape index (κ2) is 5.71. The normalized spacial score (nSPS) is 35.4. The van der Waals surface area contributed by atoms with Gasteiger partial charge in [0.2, 0.25) is 0 Å². The van der Waals surface area contributed by atoms with E-state index in [1.54, 1.807) is 12.1 Å². The van der Waals surface area contributed by atoms with E-state index in [2.05, 4.69) is 5.32 Å². The maximum Gasteiger partial charge on any atom is 0.406 e. The monoisotopic (exact) mass is 344 g/mol. The van der Waals surface area contributed by atoms with Gasteiger partial charge in [-0.3, -0.25) is 10.1 Å². The minimum atomic E-state index is -0.361. The Morgan fingerprint density at radius 3 is 2.44 bits per heavy atom. The summed E-state index contributed by atoms with van der Waals surface area (Å²) in [5, 5.41) is 13.9. The molecule has 1 aromatic rings. The second-order valence-corrected chi connectivity index (χ2v) is 8.39. The molecule has 5 rings (SSSR count). The van der Waals surface area contributed by atoms with Crippen LogP contribution in [0.25, 0.3) is 0 Å². The lowest BCUT2D eigenvalue weighted by molar-refractivity contribution is -0.384. The Hall–Kier alpha value is -2.11. The molecule has 25 heavy (non-hydrogen) atoms. The molecule has 4 fully saturated rings. The number of carbonyl (C=O) groups is 1. The first-order valence-corrected chi connectivity index (χ1v) is 9.00. The molecule has 0 saturated heterocycles. The molecule has 2 unspecified atom stereocenters. The van der Waals surface area contributed by atoms with E-state index in [1.807, 2.05) is 12.1 Å². The number of hydrogen-bond donors (Lipinski definition) is 1. The van der Waals surface area contributed by atoms with Gasteiger partial charge in [0.25, 0.3) is 5.69 Å². The molecule has 0 spiro atoms. The predicted octanol–water partition coefficient (Wildman–Crippen LogP) is 3.79. The van der Waals surface area contributed by atoms with Gasteiger partial charge in [0, 0.05) is 18.7 Å². The van der Waals surface area contributed by atoms with Gasteiger partial charge in [0.1, 0.15) is 0 Å². The Bertz CT molecular complexity index is 686. The second-order valence-electron chi connectivity index (χ2n) is 8.39. The summed E-state index contributed by atoms with van der Waals surface area (Å²) in [5.41, 5.74) is 1.63. The van der Waals surface area contributed by atoms with E-state index >= 15 is 0 Å². The molecule has 6 heteroatoms. The maximum atomic E-state index is 11.6. The first kappa shape index (κ1) is 16.4. The average molecular weight is 344 g/mol. The average Bonchev–Trinajstić information content (AvgIpc) is 2.58. The van der Waals surface area contributed by atoms with E-state index < -0.39 is 0 Å². The Labute approximate surface area is 147 Å². The van der Waals surface area contributed by atoms with Gasteiger partial charge in [-0.15, -0.1) is 0 Å². The van der Waals surface area contributed by atoms with Gasteiger partial charge in [-0.05, 0) is 66.8 Å². The van der Waals surface area contributed by atoms with Crippen LogP contribution in [-0.2, 0) is 10.2 Å². The molecule has 4 saturated carbocycles. The molecular weight excluding hydrogens is 320 g/mol. The fraction of sp³-hybridized carbons (Fsp3) is 0.632.